The second-order valence-electron chi connectivity index (χ2n) is 7.08. The van der Waals surface area contributed by atoms with Crippen LogP contribution in [0, 0.1) is 0 Å². The summed E-state index contributed by atoms with van der Waals surface area (Å²) in [6.45, 7) is 2.02. The van der Waals surface area contributed by atoms with Crippen molar-refractivity contribution >= 4 is 11.9 Å². The Balaban J connectivity index is 1.45. The molecule has 4 heterocycles. The number of piperidine rings is 1. The number of rotatable bonds is 3. The molecule has 0 unspecified atom stereocenters. The number of anilines is 1. The summed E-state index contributed by atoms with van der Waals surface area (Å²) in [4.78, 5) is 29.5. The van der Waals surface area contributed by atoms with Crippen LogP contribution in [0.2, 0.25) is 0 Å². The van der Waals surface area contributed by atoms with Gasteiger partial charge in [-0.3, -0.25) is 9.78 Å². The lowest BCUT2D eigenvalue weighted by Crippen LogP contribution is -2.50. The monoisotopic (exact) mass is 353 g/mol. The van der Waals surface area contributed by atoms with Crippen molar-refractivity contribution in [2.45, 2.75) is 30.9 Å². The van der Waals surface area contributed by atoms with Gasteiger partial charge in [0.1, 0.15) is 0 Å². The molecule has 0 saturated carbocycles. The number of nitrogens with zero attached hydrogens (tertiary/aromatic N) is 5. The Morgan fingerprint density at radius 3 is 2.92 bits per heavy atom. The average Bonchev–Trinajstić information content (AvgIpc) is 3.11. The maximum atomic E-state index is 12.8. The summed E-state index contributed by atoms with van der Waals surface area (Å²) >= 11 is 0. The molecule has 2 aromatic heterocycles. The quantitative estimate of drug-likeness (QED) is 0.837. The van der Waals surface area contributed by atoms with E-state index in [1.165, 1.54) is 0 Å². The van der Waals surface area contributed by atoms with Crippen molar-refractivity contribution in [2.24, 2.45) is 0 Å². The van der Waals surface area contributed by atoms with E-state index in [2.05, 4.69) is 19.9 Å². The van der Waals surface area contributed by atoms with E-state index in [0.29, 0.717) is 24.7 Å². The molecular formula is C19H23N5O2. The first-order chi connectivity index (χ1) is 12.7. The van der Waals surface area contributed by atoms with Gasteiger partial charge in [0.15, 0.2) is 0 Å². The molecule has 7 nitrogen and oxygen atoms in total. The van der Waals surface area contributed by atoms with Gasteiger partial charge in [-0.1, -0.05) is 0 Å². The molecule has 2 saturated heterocycles. The van der Waals surface area contributed by atoms with Crippen LogP contribution in [0.5, 0.6) is 0 Å². The molecule has 2 fully saturated rings. The number of hydrogen-bond donors (Lipinski definition) is 0. The lowest BCUT2D eigenvalue weighted by molar-refractivity contribution is -0.0447. The van der Waals surface area contributed by atoms with Crippen molar-refractivity contribution in [3.8, 4) is 0 Å². The third kappa shape index (κ3) is 3.26. The van der Waals surface area contributed by atoms with E-state index >= 15 is 0 Å². The molecule has 2 aliphatic rings. The molecule has 136 valence electrons. The molecule has 0 aliphatic carbocycles. The molecule has 0 bridgehead atoms. The molecule has 2 atom stereocenters. The highest BCUT2D eigenvalue weighted by Crippen LogP contribution is 2.37. The summed E-state index contributed by atoms with van der Waals surface area (Å²) in [5.41, 5.74) is 0.359. The standard InChI is InChI=1S/C19H23N5O2/c1-23(18-21-8-4-9-22-18)16-11-19(26-13-16)6-3-10-24(14-19)17(25)15-5-2-7-20-12-15/h2,4-5,7-9,12,16H,3,6,10-11,13-14H2,1H3/t16-,19-/m1/s1. The first-order valence-electron chi connectivity index (χ1n) is 9.00. The highest BCUT2D eigenvalue weighted by atomic mass is 16.5. The lowest BCUT2D eigenvalue weighted by atomic mass is 9.88. The van der Waals surface area contributed by atoms with Crippen LogP contribution >= 0.6 is 0 Å². The van der Waals surface area contributed by atoms with Crippen LogP contribution < -0.4 is 4.90 Å². The van der Waals surface area contributed by atoms with E-state index < -0.39 is 0 Å². The molecule has 2 aliphatic heterocycles. The molecule has 0 aromatic carbocycles. The molecule has 26 heavy (non-hydrogen) atoms. The Labute approximate surface area is 153 Å². The minimum Gasteiger partial charge on any atom is -0.371 e. The number of aromatic nitrogens is 3. The highest BCUT2D eigenvalue weighted by Gasteiger charge is 2.46. The van der Waals surface area contributed by atoms with E-state index in [9.17, 15) is 4.79 Å². The first kappa shape index (κ1) is 16.9. The second-order valence-corrected chi connectivity index (χ2v) is 7.08. The second kappa shape index (κ2) is 6.99. The summed E-state index contributed by atoms with van der Waals surface area (Å²) in [5.74, 6) is 0.737. The average molecular weight is 353 g/mol. The van der Waals surface area contributed by atoms with Gasteiger partial charge < -0.3 is 14.5 Å². The number of likely N-dealkylation sites (tertiary alicyclic amines) is 1. The van der Waals surface area contributed by atoms with Crippen LogP contribution in [0.3, 0.4) is 0 Å². The summed E-state index contributed by atoms with van der Waals surface area (Å²) < 4.78 is 6.25. The van der Waals surface area contributed by atoms with Crippen molar-refractivity contribution in [3.63, 3.8) is 0 Å². The molecular weight excluding hydrogens is 330 g/mol. The molecule has 2 aromatic rings. The zero-order valence-electron chi connectivity index (χ0n) is 14.9. The number of ether oxygens (including phenoxy) is 1. The minimum absolute atomic E-state index is 0.0315. The summed E-state index contributed by atoms with van der Waals surface area (Å²) in [7, 11) is 2.00. The van der Waals surface area contributed by atoms with Crippen LogP contribution in [0.4, 0.5) is 5.95 Å². The third-order valence-electron chi connectivity index (χ3n) is 5.34. The van der Waals surface area contributed by atoms with E-state index in [-0.39, 0.29) is 17.6 Å². The van der Waals surface area contributed by atoms with E-state index in [0.717, 1.165) is 25.8 Å². The van der Waals surface area contributed by atoms with Crippen molar-refractivity contribution in [2.75, 3.05) is 31.6 Å². The Morgan fingerprint density at radius 2 is 2.15 bits per heavy atom. The Bertz CT molecular complexity index is 757. The van der Waals surface area contributed by atoms with Crippen LogP contribution in [-0.4, -0.2) is 64.1 Å². The summed E-state index contributed by atoms with van der Waals surface area (Å²) in [6, 6.07) is 5.64. The fourth-order valence-electron chi connectivity index (χ4n) is 3.93. The molecule has 1 amide bonds. The van der Waals surface area contributed by atoms with Crippen molar-refractivity contribution in [1.82, 2.24) is 19.9 Å². The number of pyridine rings is 1. The third-order valence-corrected chi connectivity index (χ3v) is 5.34. The Kier molecular flexibility index (Phi) is 4.55. The number of amides is 1. The highest BCUT2D eigenvalue weighted by molar-refractivity contribution is 5.94. The van der Waals surface area contributed by atoms with E-state index in [1.807, 2.05) is 24.1 Å². The van der Waals surface area contributed by atoms with Gasteiger partial charge in [0.2, 0.25) is 5.95 Å². The number of likely N-dealkylation sites (N-methyl/N-ethyl adjacent to an activating group) is 1. The van der Waals surface area contributed by atoms with Crippen LogP contribution in [0.15, 0.2) is 43.0 Å². The smallest absolute Gasteiger partial charge is 0.255 e. The number of carbonyl (C=O) groups is 1. The van der Waals surface area contributed by atoms with Gasteiger partial charge in [-0.25, -0.2) is 9.97 Å². The summed E-state index contributed by atoms with van der Waals surface area (Å²) in [6.07, 6.45) is 9.61. The van der Waals surface area contributed by atoms with Gasteiger partial charge >= 0.3 is 0 Å². The SMILES string of the molecule is CN(c1ncccn1)[C@H]1CO[C@]2(CCCN(C(=O)c3cccnc3)C2)C1. The molecule has 0 N–H and O–H groups in total. The predicted molar refractivity (Wildman–Crippen MR) is 96.9 cm³/mol. The first-order valence-corrected chi connectivity index (χ1v) is 9.00. The van der Waals surface area contributed by atoms with Crippen molar-refractivity contribution in [3.05, 3.63) is 48.5 Å². The minimum atomic E-state index is -0.274. The normalized spacial score (nSPS) is 25.4. The van der Waals surface area contributed by atoms with Crippen molar-refractivity contribution < 1.29 is 9.53 Å². The van der Waals surface area contributed by atoms with E-state index in [1.54, 1.807) is 30.9 Å². The van der Waals surface area contributed by atoms with Gasteiger partial charge in [-0.2, -0.15) is 0 Å². The van der Waals surface area contributed by atoms with Gasteiger partial charge in [0.05, 0.1) is 30.4 Å². The topological polar surface area (TPSA) is 71.5 Å². The largest absolute Gasteiger partial charge is 0.371 e. The van der Waals surface area contributed by atoms with Crippen LogP contribution in [-0.2, 0) is 4.74 Å². The molecule has 0 radical (unpaired) electrons. The van der Waals surface area contributed by atoms with Crippen LogP contribution in [0.1, 0.15) is 29.6 Å². The van der Waals surface area contributed by atoms with Gasteiger partial charge in [0, 0.05) is 44.8 Å². The van der Waals surface area contributed by atoms with E-state index in [4.69, 9.17) is 4.74 Å². The fraction of sp³-hybridized carbons (Fsp3) is 0.474. The number of carbonyl (C=O) groups excluding carboxylic acids is 1. The van der Waals surface area contributed by atoms with Gasteiger partial charge in [0.25, 0.3) is 5.91 Å². The molecule has 7 heteroatoms. The maximum Gasteiger partial charge on any atom is 0.255 e. The molecule has 4 rings (SSSR count). The molecule has 1 spiro atoms. The Hall–Kier alpha value is -2.54. The lowest BCUT2D eigenvalue weighted by Gasteiger charge is -2.40. The predicted octanol–water partition coefficient (Wildman–Crippen LogP) is 1.77. The van der Waals surface area contributed by atoms with Gasteiger partial charge in [-0.15, -0.1) is 0 Å². The fourth-order valence-corrected chi connectivity index (χ4v) is 3.93. The van der Waals surface area contributed by atoms with Gasteiger partial charge in [-0.05, 0) is 31.0 Å². The zero-order chi connectivity index (χ0) is 18.0. The maximum absolute atomic E-state index is 12.8. The Morgan fingerprint density at radius 1 is 1.31 bits per heavy atom. The zero-order valence-corrected chi connectivity index (χ0v) is 14.9. The number of hydrogen-bond acceptors (Lipinski definition) is 6. The summed E-state index contributed by atoms with van der Waals surface area (Å²) in [5, 5.41) is 0. The van der Waals surface area contributed by atoms with Crippen molar-refractivity contribution in [1.29, 1.82) is 0 Å². The van der Waals surface area contributed by atoms with Crippen LogP contribution in [0.25, 0.3) is 0 Å².